The highest BCUT2D eigenvalue weighted by atomic mass is 16.7. The van der Waals surface area contributed by atoms with Crippen LogP contribution in [-0.2, 0) is 14.2 Å². The Hall–Kier alpha value is -0.850. The molecule has 1 rings (SSSR count). The molecule has 0 amide bonds. The van der Waals surface area contributed by atoms with Crippen molar-refractivity contribution in [3.63, 3.8) is 0 Å². The van der Waals surface area contributed by atoms with Gasteiger partial charge >= 0.3 is 0 Å². The number of hydrogen-bond donors (Lipinski definition) is 1. The second-order valence-electron chi connectivity index (χ2n) is 3.10. The molecule has 0 aliphatic carbocycles. The van der Waals surface area contributed by atoms with E-state index in [9.17, 15) is 5.11 Å². The molecule has 0 saturated carbocycles. The topological polar surface area (TPSA) is 96.7 Å². The van der Waals surface area contributed by atoms with Gasteiger partial charge in [0.15, 0.2) is 6.29 Å². The summed E-state index contributed by atoms with van der Waals surface area (Å²) in [6, 6.07) is 0. The van der Waals surface area contributed by atoms with Crippen molar-refractivity contribution < 1.29 is 19.3 Å². The van der Waals surface area contributed by atoms with Crippen molar-refractivity contribution >= 4 is 0 Å². The zero-order valence-electron chi connectivity index (χ0n) is 8.74. The van der Waals surface area contributed by atoms with E-state index in [1.54, 1.807) is 0 Å². The standard InChI is InChI=1S/C8H15N3O4/c1-3-14-7-5(4-10-11-9)15-8(13-2)6(7)12/h5-8,12H,3-4H2,1-2H3/t5-,6-,7+,8-/m1/s1. The first-order valence-corrected chi connectivity index (χ1v) is 4.73. The van der Waals surface area contributed by atoms with Crippen LogP contribution in [0.2, 0.25) is 0 Å². The lowest BCUT2D eigenvalue weighted by molar-refractivity contribution is -0.147. The molecule has 0 radical (unpaired) electrons. The molecule has 1 fully saturated rings. The van der Waals surface area contributed by atoms with Gasteiger partial charge in [0.1, 0.15) is 12.2 Å². The zero-order chi connectivity index (χ0) is 11.3. The normalized spacial score (nSPS) is 35.1. The second kappa shape index (κ2) is 5.89. The maximum Gasteiger partial charge on any atom is 0.186 e. The molecule has 0 bridgehead atoms. The Morgan fingerprint density at radius 3 is 2.87 bits per heavy atom. The fraction of sp³-hybridized carbons (Fsp3) is 1.00. The van der Waals surface area contributed by atoms with Crippen LogP contribution < -0.4 is 0 Å². The van der Waals surface area contributed by atoms with E-state index >= 15 is 0 Å². The fourth-order valence-corrected chi connectivity index (χ4v) is 1.56. The zero-order valence-corrected chi connectivity index (χ0v) is 8.74. The van der Waals surface area contributed by atoms with E-state index in [1.807, 2.05) is 6.92 Å². The average molecular weight is 217 g/mol. The first-order chi connectivity index (χ1) is 7.24. The van der Waals surface area contributed by atoms with Crippen molar-refractivity contribution in [1.29, 1.82) is 0 Å². The van der Waals surface area contributed by atoms with Crippen LogP contribution in [0.4, 0.5) is 0 Å². The summed E-state index contributed by atoms with van der Waals surface area (Å²) in [5.41, 5.74) is 8.20. The van der Waals surface area contributed by atoms with Gasteiger partial charge in [-0.15, -0.1) is 0 Å². The van der Waals surface area contributed by atoms with E-state index in [0.29, 0.717) is 6.61 Å². The van der Waals surface area contributed by atoms with Crippen molar-refractivity contribution in [2.24, 2.45) is 5.11 Å². The monoisotopic (exact) mass is 217 g/mol. The lowest BCUT2D eigenvalue weighted by Crippen LogP contribution is -2.36. The Morgan fingerprint density at radius 2 is 2.33 bits per heavy atom. The van der Waals surface area contributed by atoms with Crippen LogP contribution in [0.25, 0.3) is 10.4 Å². The van der Waals surface area contributed by atoms with E-state index in [0.717, 1.165) is 0 Å². The van der Waals surface area contributed by atoms with E-state index in [-0.39, 0.29) is 6.54 Å². The Labute approximate surface area is 87.6 Å². The summed E-state index contributed by atoms with van der Waals surface area (Å²) in [6.45, 7) is 2.39. The molecule has 4 atom stereocenters. The number of azide groups is 1. The predicted octanol–water partition coefficient (Wildman–Crippen LogP) is 0.434. The molecule has 7 nitrogen and oxygen atoms in total. The summed E-state index contributed by atoms with van der Waals surface area (Å²) in [6.07, 6.45) is -2.54. The predicted molar refractivity (Wildman–Crippen MR) is 51.1 cm³/mol. The van der Waals surface area contributed by atoms with Crippen molar-refractivity contribution in [1.82, 2.24) is 0 Å². The quantitative estimate of drug-likeness (QED) is 0.410. The van der Waals surface area contributed by atoms with E-state index < -0.39 is 24.6 Å². The number of aliphatic hydroxyl groups is 1. The largest absolute Gasteiger partial charge is 0.385 e. The molecule has 1 heterocycles. The summed E-state index contributed by atoms with van der Waals surface area (Å²) in [5.74, 6) is 0. The third-order valence-corrected chi connectivity index (χ3v) is 2.21. The molecule has 0 spiro atoms. The molecule has 1 aliphatic heterocycles. The molecule has 15 heavy (non-hydrogen) atoms. The Kier molecular flexibility index (Phi) is 4.80. The van der Waals surface area contributed by atoms with Gasteiger partial charge < -0.3 is 19.3 Å². The van der Waals surface area contributed by atoms with Crippen LogP contribution in [0.5, 0.6) is 0 Å². The van der Waals surface area contributed by atoms with Gasteiger partial charge in [-0.25, -0.2) is 0 Å². The third-order valence-electron chi connectivity index (χ3n) is 2.21. The van der Waals surface area contributed by atoms with Crippen LogP contribution in [0.3, 0.4) is 0 Å². The van der Waals surface area contributed by atoms with Gasteiger partial charge in [0.05, 0.1) is 12.6 Å². The molecular formula is C8H15N3O4. The van der Waals surface area contributed by atoms with Gasteiger partial charge in [0.2, 0.25) is 0 Å². The maximum absolute atomic E-state index is 9.74. The lowest BCUT2D eigenvalue weighted by Gasteiger charge is -2.18. The molecule has 0 unspecified atom stereocenters. The molecule has 1 saturated heterocycles. The Morgan fingerprint density at radius 1 is 1.60 bits per heavy atom. The molecule has 1 aliphatic rings. The highest BCUT2D eigenvalue weighted by Crippen LogP contribution is 2.24. The van der Waals surface area contributed by atoms with Crippen LogP contribution in [0.15, 0.2) is 5.11 Å². The van der Waals surface area contributed by atoms with Gasteiger partial charge in [0, 0.05) is 18.6 Å². The second-order valence-corrected chi connectivity index (χ2v) is 3.10. The fourth-order valence-electron chi connectivity index (χ4n) is 1.56. The molecular weight excluding hydrogens is 202 g/mol. The highest BCUT2D eigenvalue weighted by molar-refractivity contribution is 4.89. The number of ether oxygens (including phenoxy) is 3. The summed E-state index contributed by atoms with van der Waals surface area (Å²) in [5, 5.41) is 13.1. The summed E-state index contributed by atoms with van der Waals surface area (Å²) < 4.78 is 15.6. The average Bonchev–Trinajstić information content (AvgIpc) is 2.54. The van der Waals surface area contributed by atoms with Crippen LogP contribution in [0, 0.1) is 0 Å². The van der Waals surface area contributed by atoms with E-state index in [2.05, 4.69) is 10.0 Å². The van der Waals surface area contributed by atoms with Crippen LogP contribution >= 0.6 is 0 Å². The smallest absolute Gasteiger partial charge is 0.186 e. The van der Waals surface area contributed by atoms with Crippen LogP contribution in [0.1, 0.15) is 6.92 Å². The molecule has 1 N–H and O–H groups in total. The van der Waals surface area contributed by atoms with Gasteiger partial charge in [-0.1, -0.05) is 5.11 Å². The van der Waals surface area contributed by atoms with Gasteiger partial charge in [-0.05, 0) is 12.5 Å². The minimum Gasteiger partial charge on any atom is -0.385 e. The molecule has 0 aromatic carbocycles. The lowest BCUT2D eigenvalue weighted by atomic mass is 10.1. The van der Waals surface area contributed by atoms with Gasteiger partial charge in [-0.2, -0.15) is 0 Å². The molecule has 0 aromatic rings. The molecule has 7 heteroatoms. The SMILES string of the molecule is CCO[C@@H]1[C@@H](O)[C@H](OC)O[C@@H]1CN=[N+]=[N-]. The molecule has 86 valence electrons. The minimum atomic E-state index is -0.853. The van der Waals surface area contributed by atoms with E-state index in [4.69, 9.17) is 19.7 Å². The van der Waals surface area contributed by atoms with Gasteiger partial charge in [-0.3, -0.25) is 0 Å². The Bertz CT molecular complexity index is 244. The Balaban J connectivity index is 2.63. The first-order valence-electron chi connectivity index (χ1n) is 4.73. The van der Waals surface area contributed by atoms with Crippen molar-refractivity contribution in [3.05, 3.63) is 10.4 Å². The number of aliphatic hydroxyl groups excluding tert-OH is 1. The van der Waals surface area contributed by atoms with E-state index in [1.165, 1.54) is 7.11 Å². The number of hydrogen-bond acceptors (Lipinski definition) is 5. The van der Waals surface area contributed by atoms with Crippen molar-refractivity contribution in [2.75, 3.05) is 20.3 Å². The number of methoxy groups -OCH3 is 1. The van der Waals surface area contributed by atoms with Crippen molar-refractivity contribution in [3.8, 4) is 0 Å². The van der Waals surface area contributed by atoms with Gasteiger partial charge in [0.25, 0.3) is 0 Å². The highest BCUT2D eigenvalue weighted by Gasteiger charge is 2.44. The third kappa shape index (κ3) is 2.80. The maximum atomic E-state index is 9.74. The first kappa shape index (κ1) is 12.2. The number of rotatable bonds is 5. The molecule has 0 aromatic heterocycles. The summed E-state index contributed by atoms with van der Waals surface area (Å²) in [4.78, 5) is 2.64. The minimum absolute atomic E-state index is 0.123. The summed E-state index contributed by atoms with van der Waals surface area (Å²) >= 11 is 0. The van der Waals surface area contributed by atoms with Crippen LogP contribution in [-0.4, -0.2) is 50.0 Å². The number of nitrogens with zero attached hydrogens (tertiary/aromatic N) is 3. The van der Waals surface area contributed by atoms with Crippen molar-refractivity contribution in [2.45, 2.75) is 31.5 Å². The summed E-state index contributed by atoms with van der Waals surface area (Å²) in [7, 11) is 1.44.